The first kappa shape index (κ1) is 11.4. The van der Waals surface area contributed by atoms with E-state index >= 15 is 0 Å². The van der Waals surface area contributed by atoms with Gasteiger partial charge in [-0.2, -0.15) is 0 Å². The van der Waals surface area contributed by atoms with E-state index in [1.54, 1.807) is 6.20 Å². The van der Waals surface area contributed by atoms with Crippen LogP contribution in [0.15, 0.2) is 41.1 Å². The highest BCUT2D eigenvalue weighted by Gasteiger charge is 2.07. The lowest BCUT2D eigenvalue weighted by atomic mass is 10.0. The summed E-state index contributed by atoms with van der Waals surface area (Å²) in [6.07, 6.45) is 5.21. The van der Waals surface area contributed by atoms with E-state index in [1.807, 2.05) is 18.3 Å². The van der Waals surface area contributed by atoms with Gasteiger partial charge in [-0.15, -0.1) is 0 Å². The number of H-pyrrole nitrogens is 1. The van der Waals surface area contributed by atoms with Crippen LogP contribution in [0, 0.1) is 0 Å². The second-order valence-corrected chi connectivity index (χ2v) is 4.75. The predicted octanol–water partition coefficient (Wildman–Crippen LogP) is 2.28. The van der Waals surface area contributed by atoms with Gasteiger partial charge in [0.05, 0.1) is 0 Å². The number of imidazole rings is 1. The zero-order chi connectivity index (χ0) is 11.4. The first-order valence-corrected chi connectivity index (χ1v) is 6.01. The quantitative estimate of drug-likeness (QED) is 0.902. The molecule has 0 radical (unpaired) electrons. The van der Waals surface area contributed by atoms with E-state index < -0.39 is 0 Å². The van der Waals surface area contributed by atoms with Crippen molar-refractivity contribution in [2.45, 2.75) is 18.9 Å². The van der Waals surface area contributed by atoms with Crippen molar-refractivity contribution in [1.29, 1.82) is 0 Å². The molecule has 0 saturated heterocycles. The van der Waals surface area contributed by atoms with E-state index in [1.165, 1.54) is 5.56 Å². The average Bonchev–Trinajstić information content (AvgIpc) is 2.70. The fraction of sp³-hybridized carbons (Fsp3) is 0.250. The second-order valence-electron chi connectivity index (χ2n) is 3.83. The first-order chi connectivity index (χ1) is 7.74. The minimum absolute atomic E-state index is 0.0976. The van der Waals surface area contributed by atoms with Crippen LogP contribution in [0.1, 0.15) is 11.4 Å². The van der Waals surface area contributed by atoms with E-state index in [0.717, 1.165) is 23.1 Å². The molecule has 0 amide bonds. The third kappa shape index (κ3) is 3.18. The van der Waals surface area contributed by atoms with Crippen molar-refractivity contribution in [3.05, 3.63) is 52.5 Å². The number of hydrogen-bond donors (Lipinski definition) is 2. The molecule has 2 rings (SSSR count). The van der Waals surface area contributed by atoms with Crippen molar-refractivity contribution in [1.82, 2.24) is 9.97 Å². The van der Waals surface area contributed by atoms with E-state index in [9.17, 15) is 0 Å². The Kier molecular flexibility index (Phi) is 3.74. The zero-order valence-corrected chi connectivity index (χ0v) is 10.4. The number of nitrogens with one attached hydrogen (secondary N) is 1. The Morgan fingerprint density at radius 2 is 2.25 bits per heavy atom. The molecular formula is C12H14BrN3. The third-order valence-corrected chi connectivity index (χ3v) is 2.89. The van der Waals surface area contributed by atoms with Crippen molar-refractivity contribution < 1.29 is 0 Å². The molecular weight excluding hydrogens is 266 g/mol. The lowest BCUT2D eigenvalue weighted by Crippen LogP contribution is -2.26. The van der Waals surface area contributed by atoms with Crippen molar-refractivity contribution in [2.24, 2.45) is 5.73 Å². The summed E-state index contributed by atoms with van der Waals surface area (Å²) >= 11 is 3.45. The van der Waals surface area contributed by atoms with Crippen LogP contribution < -0.4 is 5.73 Å². The monoisotopic (exact) mass is 279 g/mol. The molecule has 1 atom stereocenters. The molecule has 1 aromatic heterocycles. The fourth-order valence-corrected chi connectivity index (χ4v) is 2.14. The molecule has 84 valence electrons. The summed E-state index contributed by atoms with van der Waals surface area (Å²) in [6, 6.07) is 8.33. The second kappa shape index (κ2) is 5.27. The molecule has 0 aliphatic carbocycles. The van der Waals surface area contributed by atoms with Gasteiger partial charge >= 0.3 is 0 Å². The number of benzene rings is 1. The highest BCUT2D eigenvalue weighted by Crippen LogP contribution is 2.13. The lowest BCUT2D eigenvalue weighted by Gasteiger charge is -2.10. The highest BCUT2D eigenvalue weighted by molar-refractivity contribution is 9.10. The van der Waals surface area contributed by atoms with Crippen molar-refractivity contribution in [2.75, 3.05) is 0 Å². The number of nitrogens with two attached hydrogens (primary N) is 1. The van der Waals surface area contributed by atoms with Gasteiger partial charge in [0.25, 0.3) is 0 Å². The molecule has 0 aliphatic rings. The third-order valence-electron chi connectivity index (χ3n) is 2.40. The lowest BCUT2D eigenvalue weighted by molar-refractivity contribution is 0.645. The molecule has 4 heteroatoms. The van der Waals surface area contributed by atoms with Crippen LogP contribution in [0.2, 0.25) is 0 Å². The van der Waals surface area contributed by atoms with E-state index in [2.05, 4.69) is 38.0 Å². The number of aromatic nitrogens is 2. The molecule has 0 spiro atoms. The molecule has 1 unspecified atom stereocenters. The van der Waals surface area contributed by atoms with Gasteiger partial charge in [0.15, 0.2) is 0 Å². The molecule has 1 heterocycles. The Balaban J connectivity index is 1.94. The summed E-state index contributed by atoms with van der Waals surface area (Å²) in [5.74, 6) is 0.947. The SMILES string of the molecule is NC(Cc1cccc(Br)c1)Cc1ncc[nH]1. The number of aromatic amines is 1. The topological polar surface area (TPSA) is 54.7 Å². The summed E-state index contributed by atoms with van der Waals surface area (Å²) in [7, 11) is 0. The Hall–Kier alpha value is -1.13. The summed E-state index contributed by atoms with van der Waals surface area (Å²) in [4.78, 5) is 7.24. The van der Waals surface area contributed by atoms with Crippen molar-refractivity contribution in [3.8, 4) is 0 Å². The van der Waals surface area contributed by atoms with E-state index in [-0.39, 0.29) is 6.04 Å². The van der Waals surface area contributed by atoms with Crippen LogP contribution in [0.4, 0.5) is 0 Å². The van der Waals surface area contributed by atoms with E-state index in [0.29, 0.717) is 0 Å². The minimum Gasteiger partial charge on any atom is -0.349 e. The van der Waals surface area contributed by atoms with Gasteiger partial charge in [-0.1, -0.05) is 28.1 Å². The van der Waals surface area contributed by atoms with Crippen molar-refractivity contribution in [3.63, 3.8) is 0 Å². The van der Waals surface area contributed by atoms with Crippen LogP contribution >= 0.6 is 15.9 Å². The number of hydrogen-bond acceptors (Lipinski definition) is 2. The fourth-order valence-electron chi connectivity index (χ4n) is 1.70. The largest absolute Gasteiger partial charge is 0.349 e. The summed E-state index contributed by atoms with van der Waals surface area (Å²) in [5, 5.41) is 0. The molecule has 0 bridgehead atoms. The molecule has 16 heavy (non-hydrogen) atoms. The average molecular weight is 280 g/mol. The summed E-state index contributed by atoms with van der Waals surface area (Å²) in [6.45, 7) is 0. The number of halogens is 1. The van der Waals surface area contributed by atoms with Crippen molar-refractivity contribution >= 4 is 15.9 Å². The maximum Gasteiger partial charge on any atom is 0.107 e. The maximum atomic E-state index is 6.07. The molecule has 2 aromatic rings. The molecule has 1 aromatic carbocycles. The predicted molar refractivity (Wildman–Crippen MR) is 68.1 cm³/mol. The van der Waals surface area contributed by atoms with Gasteiger partial charge in [0.1, 0.15) is 5.82 Å². The Labute approximate surface area is 103 Å². The van der Waals surface area contributed by atoms with Gasteiger partial charge in [0, 0.05) is 29.3 Å². The van der Waals surface area contributed by atoms with Crippen LogP contribution in [-0.4, -0.2) is 16.0 Å². The molecule has 0 aliphatic heterocycles. The zero-order valence-electron chi connectivity index (χ0n) is 8.86. The van der Waals surface area contributed by atoms with Gasteiger partial charge in [-0.25, -0.2) is 4.98 Å². The van der Waals surface area contributed by atoms with Gasteiger partial charge in [-0.05, 0) is 24.1 Å². The number of nitrogens with zero attached hydrogens (tertiary/aromatic N) is 1. The highest BCUT2D eigenvalue weighted by atomic mass is 79.9. The number of rotatable bonds is 4. The Morgan fingerprint density at radius 3 is 2.94 bits per heavy atom. The van der Waals surface area contributed by atoms with Crippen LogP contribution in [0.5, 0.6) is 0 Å². The smallest absolute Gasteiger partial charge is 0.107 e. The van der Waals surface area contributed by atoms with E-state index in [4.69, 9.17) is 5.73 Å². The summed E-state index contributed by atoms with van der Waals surface area (Å²) in [5.41, 5.74) is 7.32. The summed E-state index contributed by atoms with van der Waals surface area (Å²) < 4.78 is 1.09. The Bertz CT molecular complexity index is 439. The van der Waals surface area contributed by atoms with Crippen LogP contribution in [0.25, 0.3) is 0 Å². The van der Waals surface area contributed by atoms with Gasteiger partial charge in [0.2, 0.25) is 0 Å². The van der Waals surface area contributed by atoms with Crippen LogP contribution in [-0.2, 0) is 12.8 Å². The molecule has 0 saturated carbocycles. The normalized spacial score (nSPS) is 12.6. The molecule has 3 nitrogen and oxygen atoms in total. The molecule has 3 N–H and O–H groups in total. The van der Waals surface area contributed by atoms with Gasteiger partial charge in [-0.3, -0.25) is 0 Å². The first-order valence-electron chi connectivity index (χ1n) is 5.22. The molecule has 0 fully saturated rings. The Morgan fingerprint density at radius 1 is 1.38 bits per heavy atom. The van der Waals surface area contributed by atoms with Gasteiger partial charge < -0.3 is 10.7 Å². The minimum atomic E-state index is 0.0976. The standard InChI is InChI=1S/C12H14BrN3/c13-10-3-1-2-9(6-10)7-11(14)8-12-15-4-5-16-12/h1-6,11H,7-8,14H2,(H,15,16). The van der Waals surface area contributed by atoms with Crippen LogP contribution in [0.3, 0.4) is 0 Å². The maximum absolute atomic E-state index is 6.07.